The molecular formula is C19H14F4N6O. The Hall–Kier alpha value is -3.76. The SMILES string of the molecule is Cn1nccc1CNC(=O)c1cc2nc(-c3ccc(F)cc3)cc(C(F)(F)F)n2n1. The summed E-state index contributed by atoms with van der Waals surface area (Å²) in [7, 11) is 1.70. The van der Waals surface area contributed by atoms with Gasteiger partial charge >= 0.3 is 6.18 Å². The number of carbonyl (C=O) groups excluding carboxylic acids is 1. The highest BCUT2D eigenvalue weighted by molar-refractivity contribution is 5.93. The fourth-order valence-corrected chi connectivity index (χ4v) is 2.89. The van der Waals surface area contributed by atoms with Gasteiger partial charge in [-0.25, -0.2) is 13.9 Å². The van der Waals surface area contributed by atoms with E-state index in [0.29, 0.717) is 15.8 Å². The van der Waals surface area contributed by atoms with Gasteiger partial charge in [0.25, 0.3) is 5.91 Å². The number of aromatic nitrogens is 5. The molecule has 3 aromatic heterocycles. The van der Waals surface area contributed by atoms with Crippen molar-refractivity contribution in [2.24, 2.45) is 7.05 Å². The first-order valence-electron chi connectivity index (χ1n) is 8.71. The van der Waals surface area contributed by atoms with Gasteiger partial charge in [-0.15, -0.1) is 0 Å². The average molecular weight is 418 g/mol. The standard InChI is InChI=1S/C19H14F4N6O/c1-28-13(6-7-25-28)10-24-18(30)15-9-17-26-14(11-2-4-12(20)5-3-11)8-16(19(21,22)23)29(17)27-15/h2-9H,10H2,1H3,(H,24,30). The largest absolute Gasteiger partial charge is 0.433 e. The number of hydrogen-bond donors (Lipinski definition) is 1. The molecule has 3 heterocycles. The molecule has 0 atom stereocenters. The van der Waals surface area contributed by atoms with Crippen molar-refractivity contribution in [1.29, 1.82) is 0 Å². The maximum absolute atomic E-state index is 13.6. The number of amides is 1. The van der Waals surface area contributed by atoms with E-state index in [4.69, 9.17) is 0 Å². The third-order valence-electron chi connectivity index (χ3n) is 4.44. The Labute approximate surface area is 167 Å². The summed E-state index contributed by atoms with van der Waals surface area (Å²) in [6.45, 7) is 0.129. The lowest BCUT2D eigenvalue weighted by Gasteiger charge is -2.11. The molecule has 1 N–H and O–H groups in total. The number of rotatable bonds is 4. The molecule has 0 aliphatic heterocycles. The van der Waals surface area contributed by atoms with Gasteiger partial charge in [0.05, 0.1) is 17.9 Å². The third-order valence-corrected chi connectivity index (χ3v) is 4.44. The Morgan fingerprint density at radius 1 is 1.13 bits per heavy atom. The second kappa shape index (κ2) is 7.25. The van der Waals surface area contributed by atoms with Gasteiger partial charge in [-0.2, -0.15) is 23.4 Å². The molecule has 154 valence electrons. The van der Waals surface area contributed by atoms with Crippen LogP contribution in [0.4, 0.5) is 17.6 Å². The highest BCUT2D eigenvalue weighted by Crippen LogP contribution is 2.32. The highest BCUT2D eigenvalue weighted by Gasteiger charge is 2.35. The van der Waals surface area contributed by atoms with Crippen molar-refractivity contribution in [3.05, 3.63) is 71.6 Å². The zero-order valence-electron chi connectivity index (χ0n) is 15.5. The first-order valence-corrected chi connectivity index (χ1v) is 8.71. The van der Waals surface area contributed by atoms with E-state index >= 15 is 0 Å². The number of benzene rings is 1. The first kappa shape index (κ1) is 19.6. The lowest BCUT2D eigenvalue weighted by atomic mass is 10.1. The van der Waals surface area contributed by atoms with Crippen LogP contribution in [-0.4, -0.2) is 30.3 Å². The second-order valence-electron chi connectivity index (χ2n) is 6.46. The molecule has 0 radical (unpaired) electrons. The quantitative estimate of drug-likeness (QED) is 0.517. The van der Waals surface area contributed by atoms with Crippen LogP contribution in [0.15, 0.2) is 48.7 Å². The summed E-state index contributed by atoms with van der Waals surface area (Å²) in [6, 6.07) is 8.58. The Kier molecular flexibility index (Phi) is 4.72. The molecule has 4 rings (SSSR count). The molecule has 11 heteroatoms. The number of nitrogens with zero attached hydrogens (tertiary/aromatic N) is 5. The van der Waals surface area contributed by atoms with Gasteiger partial charge in [0.2, 0.25) is 0 Å². The number of hydrogen-bond acceptors (Lipinski definition) is 4. The molecular weight excluding hydrogens is 404 g/mol. The van der Waals surface area contributed by atoms with Crippen molar-refractivity contribution >= 4 is 11.6 Å². The predicted octanol–water partition coefficient (Wildman–Crippen LogP) is 3.22. The normalized spacial score (nSPS) is 11.8. The molecule has 0 aliphatic rings. The van der Waals surface area contributed by atoms with E-state index < -0.39 is 23.6 Å². The molecule has 0 unspecified atom stereocenters. The van der Waals surface area contributed by atoms with E-state index in [1.54, 1.807) is 24.0 Å². The monoisotopic (exact) mass is 418 g/mol. The molecule has 0 aliphatic carbocycles. The van der Waals surface area contributed by atoms with Crippen LogP contribution in [0, 0.1) is 5.82 Å². The number of aryl methyl sites for hydroxylation is 1. The van der Waals surface area contributed by atoms with E-state index in [1.807, 2.05) is 0 Å². The van der Waals surface area contributed by atoms with Crippen LogP contribution in [0.3, 0.4) is 0 Å². The fourth-order valence-electron chi connectivity index (χ4n) is 2.89. The lowest BCUT2D eigenvalue weighted by molar-refractivity contribution is -0.142. The van der Waals surface area contributed by atoms with E-state index in [0.717, 1.165) is 18.2 Å². The van der Waals surface area contributed by atoms with Crippen molar-refractivity contribution in [3.8, 4) is 11.3 Å². The lowest BCUT2D eigenvalue weighted by Crippen LogP contribution is -2.24. The van der Waals surface area contributed by atoms with Gasteiger partial charge in [0.1, 0.15) is 5.82 Å². The molecule has 0 bridgehead atoms. The van der Waals surface area contributed by atoms with E-state index in [-0.39, 0.29) is 23.6 Å². The molecule has 0 fully saturated rings. The molecule has 7 nitrogen and oxygen atoms in total. The first-order chi connectivity index (χ1) is 14.2. The van der Waals surface area contributed by atoms with E-state index in [1.165, 1.54) is 18.2 Å². The summed E-state index contributed by atoms with van der Waals surface area (Å²) in [5.74, 6) is -1.18. The molecule has 30 heavy (non-hydrogen) atoms. The minimum Gasteiger partial charge on any atom is -0.345 e. The van der Waals surface area contributed by atoms with Crippen LogP contribution in [-0.2, 0) is 19.8 Å². The zero-order valence-corrected chi connectivity index (χ0v) is 15.5. The van der Waals surface area contributed by atoms with Crippen molar-refractivity contribution in [2.75, 3.05) is 0 Å². The van der Waals surface area contributed by atoms with Gasteiger partial charge in [0, 0.05) is 24.9 Å². The highest BCUT2D eigenvalue weighted by atomic mass is 19.4. The Morgan fingerprint density at radius 3 is 2.50 bits per heavy atom. The predicted molar refractivity (Wildman–Crippen MR) is 97.8 cm³/mol. The smallest absolute Gasteiger partial charge is 0.345 e. The third kappa shape index (κ3) is 3.73. The maximum atomic E-state index is 13.6. The molecule has 0 spiro atoms. The van der Waals surface area contributed by atoms with Gasteiger partial charge < -0.3 is 5.32 Å². The second-order valence-corrected chi connectivity index (χ2v) is 6.46. The molecule has 0 saturated heterocycles. The van der Waals surface area contributed by atoms with Crippen molar-refractivity contribution in [3.63, 3.8) is 0 Å². The summed E-state index contributed by atoms with van der Waals surface area (Å²) in [5, 5.41) is 10.3. The maximum Gasteiger partial charge on any atom is 0.433 e. The fraction of sp³-hybridized carbons (Fsp3) is 0.158. The Bertz CT molecular complexity index is 1230. The summed E-state index contributed by atoms with van der Waals surface area (Å²) < 4.78 is 56.1. The van der Waals surface area contributed by atoms with Crippen LogP contribution in [0.25, 0.3) is 16.9 Å². The van der Waals surface area contributed by atoms with Crippen LogP contribution in [0.5, 0.6) is 0 Å². The van der Waals surface area contributed by atoms with Crippen molar-refractivity contribution in [2.45, 2.75) is 12.7 Å². The van der Waals surface area contributed by atoms with Crippen LogP contribution < -0.4 is 5.32 Å². The van der Waals surface area contributed by atoms with Crippen LogP contribution >= 0.6 is 0 Å². The summed E-state index contributed by atoms with van der Waals surface area (Å²) >= 11 is 0. The average Bonchev–Trinajstić information content (AvgIpc) is 3.31. The van der Waals surface area contributed by atoms with Gasteiger partial charge in [-0.05, 0) is 36.4 Å². The molecule has 4 aromatic rings. The van der Waals surface area contributed by atoms with E-state index in [2.05, 4.69) is 20.5 Å². The van der Waals surface area contributed by atoms with Crippen LogP contribution in [0.2, 0.25) is 0 Å². The summed E-state index contributed by atoms with van der Waals surface area (Å²) in [4.78, 5) is 16.6. The van der Waals surface area contributed by atoms with Gasteiger partial charge in [0.15, 0.2) is 17.0 Å². The number of carbonyl (C=O) groups is 1. The number of nitrogens with one attached hydrogen (secondary N) is 1. The van der Waals surface area contributed by atoms with Gasteiger partial charge in [-0.1, -0.05) is 0 Å². The number of alkyl halides is 3. The Balaban J connectivity index is 1.72. The summed E-state index contributed by atoms with van der Waals surface area (Å²) in [6.07, 6.45) is -3.19. The number of halogens is 4. The summed E-state index contributed by atoms with van der Waals surface area (Å²) in [5.41, 5.74) is -0.483. The zero-order chi connectivity index (χ0) is 21.5. The Morgan fingerprint density at radius 2 is 1.87 bits per heavy atom. The van der Waals surface area contributed by atoms with Gasteiger partial charge in [-0.3, -0.25) is 9.48 Å². The minimum atomic E-state index is -4.75. The molecule has 0 saturated carbocycles. The van der Waals surface area contributed by atoms with Crippen molar-refractivity contribution < 1.29 is 22.4 Å². The molecule has 1 amide bonds. The van der Waals surface area contributed by atoms with Crippen LogP contribution in [0.1, 0.15) is 21.9 Å². The number of fused-ring (bicyclic) bond motifs is 1. The topological polar surface area (TPSA) is 77.1 Å². The van der Waals surface area contributed by atoms with Crippen molar-refractivity contribution in [1.82, 2.24) is 29.7 Å². The minimum absolute atomic E-state index is 0.0171. The molecule has 1 aromatic carbocycles. The van der Waals surface area contributed by atoms with E-state index in [9.17, 15) is 22.4 Å².